The highest BCUT2D eigenvalue weighted by Crippen LogP contribution is 2.28. The second-order valence-electron chi connectivity index (χ2n) is 7.63. The van der Waals surface area contributed by atoms with E-state index < -0.39 is 0 Å². The molecule has 0 spiro atoms. The van der Waals surface area contributed by atoms with Gasteiger partial charge in [-0.15, -0.1) is 0 Å². The van der Waals surface area contributed by atoms with Gasteiger partial charge in [0.15, 0.2) is 0 Å². The molecular weight excluding hydrogens is 328 g/mol. The Morgan fingerprint density at radius 3 is 2.62 bits per heavy atom. The number of hydrogen-bond acceptors (Lipinski definition) is 5. The highest BCUT2D eigenvalue weighted by Gasteiger charge is 2.31. The quantitative estimate of drug-likeness (QED) is 0.860. The number of rotatable bonds is 5. The lowest BCUT2D eigenvalue weighted by Crippen LogP contribution is -2.45. The molecule has 2 aromatic rings. The molecule has 3 heterocycles. The molecule has 2 N–H and O–H groups in total. The van der Waals surface area contributed by atoms with Crippen LogP contribution in [0.15, 0.2) is 18.5 Å². The first-order chi connectivity index (χ1) is 12.3. The third kappa shape index (κ3) is 4.03. The number of nitrogens with zero attached hydrogens (tertiary/aromatic N) is 4. The molecule has 1 aliphatic rings. The maximum Gasteiger partial charge on any atom is 0.220 e. The van der Waals surface area contributed by atoms with Crippen LogP contribution in [0.5, 0.6) is 0 Å². The molecule has 0 aromatic carbocycles. The largest absolute Gasteiger partial charge is 0.365 e. The van der Waals surface area contributed by atoms with E-state index in [0.29, 0.717) is 12.3 Å². The second-order valence-corrected chi connectivity index (χ2v) is 7.63. The van der Waals surface area contributed by atoms with Gasteiger partial charge in [0, 0.05) is 42.9 Å². The summed E-state index contributed by atoms with van der Waals surface area (Å²) in [5, 5.41) is 10.9. The zero-order valence-electron chi connectivity index (χ0n) is 16.2. The fraction of sp³-hybridized carbons (Fsp3) is 0.579. The minimum Gasteiger partial charge on any atom is -0.365 e. The molecule has 7 nitrogen and oxygen atoms in total. The number of anilines is 1. The van der Waals surface area contributed by atoms with Crippen molar-refractivity contribution in [3.05, 3.63) is 35.5 Å². The van der Waals surface area contributed by atoms with Gasteiger partial charge in [-0.3, -0.25) is 9.48 Å². The van der Waals surface area contributed by atoms with Crippen LogP contribution in [0, 0.1) is 0 Å². The van der Waals surface area contributed by atoms with Gasteiger partial charge < -0.3 is 10.6 Å². The molecule has 0 radical (unpaired) electrons. The van der Waals surface area contributed by atoms with Crippen LogP contribution in [0.4, 0.5) is 5.82 Å². The van der Waals surface area contributed by atoms with Crippen molar-refractivity contribution in [3.8, 4) is 0 Å². The van der Waals surface area contributed by atoms with Gasteiger partial charge >= 0.3 is 0 Å². The fourth-order valence-corrected chi connectivity index (χ4v) is 3.17. The van der Waals surface area contributed by atoms with Crippen molar-refractivity contribution in [2.24, 2.45) is 7.05 Å². The van der Waals surface area contributed by atoms with Gasteiger partial charge in [-0.2, -0.15) is 5.10 Å². The summed E-state index contributed by atoms with van der Waals surface area (Å²) in [5.41, 5.74) is 2.03. The van der Waals surface area contributed by atoms with Crippen LogP contribution in [0.1, 0.15) is 75.5 Å². The molecule has 1 aliphatic heterocycles. The third-order valence-electron chi connectivity index (χ3n) is 4.69. The van der Waals surface area contributed by atoms with Crippen LogP contribution in [-0.4, -0.2) is 31.7 Å². The normalized spacial score (nSPS) is 20.5. The van der Waals surface area contributed by atoms with Crippen molar-refractivity contribution in [1.29, 1.82) is 0 Å². The Balaban J connectivity index is 1.89. The SMILES string of the molecule is CC(C)c1cc(N[C@@H]2CCC(=O)N[C@H]2c2cnn(C)c2)nc(C(C)C)n1. The maximum atomic E-state index is 11.9. The van der Waals surface area contributed by atoms with E-state index in [1.54, 1.807) is 4.68 Å². The number of piperidine rings is 1. The van der Waals surface area contributed by atoms with E-state index >= 15 is 0 Å². The third-order valence-corrected chi connectivity index (χ3v) is 4.69. The van der Waals surface area contributed by atoms with Crippen molar-refractivity contribution in [2.45, 2.75) is 64.5 Å². The Morgan fingerprint density at radius 2 is 2.00 bits per heavy atom. The zero-order valence-corrected chi connectivity index (χ0v) is 16.2. The average Bonchev–Trinajstić information content (AvgIpc) is 3.02. The molecule has 0 unspecified atom stereocenters. The van der Waals surface area contributed by atoms with Gasteiger partial charge in [0.1, 0.15) is 11.6 Å². The predicted molar refractivity (Wildman–Crippen MR) is 101 cm³/mol. The van der Waals surface area contributed by atoms with Crippen molar-refractivity contribution in [1.82, 2.24) is 25.1 Å². The number of carbonyl (C=O) groups is 1. The lowest BCUT2D eigenvalue weighted by atomic mass is 9.93. The van der Waals surface area contributed by atoms with Crippen LogP contribution < -0.4 is 10.6 Å². The first-order valence-electron chi connectivity index (χ1n) is 9.26. The first kappa shape index (κ1) is 18.4. The van der Waals surface area contributed by atoms with E-state index in [2.05, 4.69) is 48.4 Å². The molecule has 7 heteroatoms. The minimum atomic E-state index is -0.120. The summed E-state index contributed by atoms with van der Waals surface area (Å²) in [5.74, 6) is 2.33. The summed E-state index contributed by atoms with van der Waals surface area (Å²) < 4.78 is 1.76. The lowest BCUT2D eigenvalue weighted by molar-refractivity contribution is -0.123. The van der Waals surface area contributed by atoms with Crippen LogP contribution in [0.25, 0.3) is 0 Å². The molecule has 2 aromatic heterocycles. The number of hydrogen-bond donors (Lipinski definition) is 2. The van der Waals surface area contributed by atoms with Crippen molar-refractivity contribution in [2.75, 3.05) is 5.32 Å². The minimum absolute atomic E-state index is 0.0619. The van der Waals surface area contributed by atoms with E-state index in [0.717, 1.165) is 29.3 Å². The highest BCUT2D eigenvalue weighted by molar-refractivity contribution is 5.77. The lowest BCUT2D eigenvalue weighted by Gasteiger charge is -2.33. The Morgan fingerprint density at radius 1 is 1.23 bits per heavy atom. The summed E-state index contributed by atoms with van der Waals surface area (Å²) in [4.78, 5) is 21.3. The monoisotopic (exact) mass is 356 g/mol. The summed E-state index contributed by atoms with van der Waals surface area (Å²) in [6.45, 7) is 8.47. The van der Waals surface area contributed by atoms with Gasteiger partial charge in [0.25, 0.3) is 0 Å². The van der Waals surface area contributed by atoms with Crippen molar-refractivity contribution < 1.29 is 4.79 Å². The molecule has 3 rings (SSSR count). The second kappa shape index (κ2) is 7.43. The molecule has 140 valence electrons. The summed E-state index contributed by atoms with van der Waals surface area (Å²) in [6.07, 6.45) is 5.02. The molecule has 1 amide bonds. The van der Waals surface area contributed by atoms with E-state index in [4.69, 9.17) is 4.98 Å². The smallest absolute Gasteiger partial charge is 0.220 e. The standard InChI is InChI=1S/C19H28N6O/c1-11(2)15-8-16(23-19(22-15)12(3)4)21-14-6-7-17(26)24-18(14)13-9-20-25(5)10-13/h8-12,14,18H,6-7H2,1-5H3,(H,24,26)(H,21,22,23)/t14-,18+/m1/s1. The topological polar surface area (TPSA) is 84.7 Å². The number of nitrogens with one attached hydrogen (secondary N) is 2. The van der Waals surface area contributed by atoms with Gasteiger partial charge in [-0.1, -0.05) is 27.7 Å². The van der Waals surface area contributed by atoms with Crippen LogP contribution >= 0.6 is 0 Å². The average molecular weight is 356 g/mol. The summed E-state index contributed by atoms with van der Waals surface area (Å²) >= 11 is 0. The zero-order chi connectivity index (χ0) is 18.8. The molecule has 1 saturated heterocycles. The Hall–Kier alpha value is -2.44. The molecule has 26 heavy (non-hydrogen) atoms. The van der Waals surface area contributed by atoms with Crippen molar-refractivity contribution in [3.63, 3.8) is 0 Å². The van der Waals surface area contributed by atoms with Gasteiger partial charge in [-0.25, -0.2) is 9.97 Å². The Kier molecular flexibility index (Phi) is 5.25. The molecule has 1 fully saturated rings. The van der Waals surface area contributed by atoms with Crippen molar-refractivity contribution >= 4 is 11.7 Å². The number of aromatic nitrogens is 4. The number of aryl methyl sites for hydroxylation is 1. The molecule has 2 atom stereocenters. The van der Waals surface area contributed by atoms with E-state index in [-0.39, 0.29) is 23.9 Å². The van der Waals surface area contributed by atoms with E-state index in [1.807, 2.05) is 25.5 Å². The van der Waals surface area contributed by atoms with Gasteiger partial charge in [0.05, 0.1) is 18.3 Å². The predicted octanol–water partition coefficient (Wildman–Crippen LogP) is 2.89. The Bertz CT molecular complexity index is 756. The number of carbonyl (C=O) groups excluding carboxylic acids is 1. The summed E-state index contributed by atoms with van der Waals surface area (Å²) in [7, 11) is 1.88. The van der Waals surface area contributed by atoms with Gasteiger partial charge in [-0.05, 0) is 12.3 Å². The van der Waals surface area contributed by atoms with E-state index in [1.165, 1.54) is 0 Å². The van der Waals surface area contributed by atoms with Gasteiger partial charge in [0.2, 0.25) is 5.91 Å². The summed E-state index contributed by atoms with van der Waals surface area (Å²) in [6, 6.07) is 1.96. The molecular formula is C19H28N6O. The Labute approximate surface area is 154 Å². The van der Waals surface area contributed by atoms with E-state index in [9.17, 15) is 4.79 Å². The maximum absolute atomic E-state index is 11.9. The fourth-order valence-electron chi connectivity index (χ4n) is 3.17. The molecule has 0 bridgehead atoms. The molecule has 0 saturated carbocycles. The van der Waals surface area contributed by atoms with Crippen LogP contribution in [0.2, 0.25) is 0 Å². The highest BCUT2D eigenvalue weighted by atomic mass is 16.1. The van der Waals surface area contributed by atoms with Crippen LogP contribution in [-0.2, 0) is 11.8 Å². The number of amides is 1. The van der Waals surface area contributed by atoms with Crippen LogP contribution in [0.3, 0.4) is 0 Å². The first-order valence-corrected chi connectivity index (χ1v) is 9.26. The molecule has 0 aliphatic carbocycles.